The van der Waals surface area contributed by atoms with Gasteiger partial charge in [-0.1, -0.05) is 19.0 Å². The van der Waals surface area contributed by atoms with Crippen molar-refractivity contribution in [2.24, 2.45) is 0 Å². The molecule has 1 aliphatic carbocycles. The number of pyridine rings is 1. The predicted octanol–water partition coefficient (Wildman–Crippen LogP) is 3.77. The van der Waals surface area contributed by atoms with Crippen LogP contribution in [0.2, 0.25) is 0 Å². The number of carbonyl (C=O) groups excluding carboxylic acids is 1. The summed E-state index contributed by atoms with van der Waals surface area (Å²) in [5, 5.41) is 10.6. The first-order valence-electron chi connectivity index (χ1n) is 11.3. The summed E-state index contributed by atoms with van der Waals surface area (Å²) in [6.07, 6.45) is 5.53. The van der Waals surface area contributed by atoms with E-state index in [9.17, 15) is 9.18 Å². The fraction of sp³-hybridized carbons (Fsp3) is 0.435. The average molecular weight is 452 g/mol. The minimum atomic E-state index is -0.617. The molecule has 3 aromatic heterocycles. The number of anilines is 4. The number of carbonyl (C=O) groups is 1. The quantitative estimate of drug-likeness (QED) is 0.545. The van der Waals surface area contributed by atoms with E-state index < -0.39 is 5.95 Å². The van der Waals surface area contributed by atoms with Gasteiger partial charge in [0.2, 0.25) is 17.8 Å². The zero-order valence-corrected chi connectivity index (χ0v) is 18.6. The molecule has 172 valence electrons. The first-order chi connectivity index (χ1) is 16.0. The average Bonchev–Trinajstić information content (AvgIpc) is 3.57. The summed E-state index contributed by atoms with van der Waals surface area (Å²) in [6.45, 7) is 4.85. The van der Waals surface area contributed by atoms with E-state index in [1.165, 1.54) is 23.2 Å². The van der Waals surface area contributed by atoms with E-state index in [1.807, 2.05) is 19.9 Å². The summed E-state index contributed by atoms with van der Waals surface area (Å²) in [6, 6.07) is 4.24. The first kappa shape index (κ1) is 21.4. The van der Waals surface area contributed by atoms with Crippen LogP contribution in [-0.4, -0.2) is 38.6 Å². The SMILES string of the molecule is CC(C)c1cc(Nc2nc(N(C(=O)C3CCCN3)c3ccc(F)nc3)nc3c2CCC3)on1. The molecule has 0 saturated carbocycles. The second-order valence-corrected chi connectivity index (χ2v) is 8.71. The highest BCUT2D eigenvalue weighted by Crippen LogP contribution is 2.33. The van der Waals surface area contributed by atoms with Gasteiger partial charge in [-0.3, -0.25) is 4.79 Å². The first-order valence-corrected chi connectivity index (χ1v) is 11.3. The van der Waals surface area contributed by atoms with Crippen LogP contribution in [0.25, 0.3) is 0 Å². The van der Waals surface area contributed by atoms with Gasteiger partial charge in [0.25, 0.3) is 5.91 Å². The Labute approximate surface area is 190 Å². The van der Waals surface area contributed by atoms with Crippen LogP contribution in [-0.2, 0) is 17.6 Å². The Morgan fingerprint density at radius 3 is 2.85 bits per heavy atom. The molecule has 33 heavy (non-hydrogen) atoms. The molecule has 2 aliphatic rings. The normalized spacial score (nSPS) is 17.4. The number of amides is 1. The minimum Gasteiger partial charge on any atom is -0.338 e. The molecule has 0 spiro atoms. The highest BCUT2D eigenvalue weighted by molar-refractivity contribution is 6.02. The largest absolute Gasteiger partial charge is 0.338 e. The molecule has 1 unspecified atom stereocenters. The van der Waals surface area contributed by atoms with Crippen molar-refractivity contribution in [1.29, 1.82) is 0 Å². The second kappa shape index (κ2) is 8.86. The predicted molar refractivity (Wildman–Crippen MR) is 120 cm³/mol. The van der Waals surface area contributed by atoms with Crippen molar-refractivity contribution in [3.05, 3.63) is 47.3 Å². The number of halogens is 1. The van der Waals surface area contributed by atoms with Gasteiger partial charge in [-0.2, -0.15) is 9.37 Å². The molecule has 5 rings (SSSR count). The molecule has 1 aliphatic heterocycles. The van der Waals surface area contributed by atoms with E-state index in [1.54, 1.807) is 0 Å². The zero-order valence-electron chi connectivity index (χ0n) is 18.6. The molecule has 0 radical (unpaired) electrons. The molecular weight excluding hydrogens is 425 g/mol. The summed E-state index contributed by atoms with van der Waals surface area (Å²) in [5.74, 6) is 0.727. The van der Waals surface area contributed by atoms with E-state index in [0.717, 1.165) is 55.6 Å². The van der Waals surface area contributed by atoms with Crippen LogP contribution < -0.4 is 15.5 Å². The highest BCUT2D eigenvalue weighted by atomic mass is 19.1. The monoisotopic (exact) mass is 451 g/mol. The van der Waals surface area contributed by atoms with Crippen molar-refractivity contribution >= 4 is 29.2 Å². The third kappa shape index (κ3) is 4.30. The van der Waals surface area contributed by atoms with Crippen LogP contribution >= 0.6 is 0 Å². The van der Waals surface area contributed by atoms with Crippen LogP contribution in [0.5, 0.6) is 0 Å². The van der Waals surface area contributed by atoms with E-state index in [4.69, 9.17) is 14.5 Å². The Morgan fingerprint density at radius 2 is 2.15 bits per heavy atom. The molecule has 1 fully saturated rings. The number of rotatable bonds is 6. The second-order valence-electron chi connectivity index (χ2n) is 8.71. The molecule has 4 heterocycles. The number of nitrogens with one attached hydrogen (secondary N) is 2. The Bertz CT molecular complexity index is 1160. The van der Waals surface area contributed by atoms with Gasteiger partial charge in [0.15, 0.2) is 0 Å². The van der Waals surface area contributed by atoms with Crippen molar-refractivity contribution in [3.63, 3.8) is 0 Å². The topological polar surface area (TPSA) is 109 Å². The standard InChI is InChI=1S/C23H26FN7O2/c1-13(2)18-11-20(33-30-18)28-21-15-5-3-6-16(15)27-23(29-21)31(14-8-9-19(24)26-12-14)22(32)17-7-4-10-25-17/h8-9,11-13,17,25H,3-7,10H2,1-2H3,(H,27,28,29). The summed E-state index contributed by atoms with van der Waals surface area (Å²) >= 11 is 0. The third-order valence-corrected chi connectivity index (χ3v) is 6.03. The summed E-state index contributed by atoms with van der Waals surface area (Å²) in [5.41, 5.74) is 3.15. The van der Waals surface area contributed by atoms with Gasteiger partial charge in [0, 0.05) is 11.6 Å². The molecule has 9 nitrogen and oxygen atoms in total. The van der Waals surface area contributed by atoms with Gasteiger partial charge < -0.3 is 15.2 Å². The molecule has 1 amide bonds. The smallest absolute Gasteiger partial charge is 0.251 e. The molecule has 3 aromatic rings. The summed E-state index contributed by atoms with van der Waals surface area (Å²) in [4.78, 5) is 28.1. The molecular formula is C23H26FN7O2. The van der Waals surface area contributed by atoms with Crippen molar-refractivity contribution in [3.8, 4) is 0 Å². The fourth-order valence-corrected chi connectivity index (χ4v) is 4.25. The maximum atomic E-state index is 13.5. The Kier molecular flexibility index (Phi) is 5.76. The molecule has 0 aromatic carbocycles. The lowest BCUT2D eigenvalue weighted by Gasteiger charge is -2.25. The number of fused-ring (bicyclic) bond motifs is 1. The summed E-state index contributed by atoms with van der Waals surface area (Å²) in [7, 11) is 0. The lowest BCUT2D eigenvalue weighted by atomic mass is 10.1. The lowest BCUT2D eigenvalue weighted by Crippen LogP contribution is -2.42. The Morgan fingerprint density at radius 1 is 1.27 bits per heavy atom. The number of nitrogens with zero attached hydrogens (tertiary/aromatic N) is 5. The van der Waals surface area contributed by atoms with Crippen LogP contribution in [0.15, 0.2) is 28.9 Å². The van der Waals surface area contributed by atoms with E-state index in [0.29, 0.717) is 17.4 Å². The van der Waals surface area contributed by atoms with Crippen LogP contribution in [0.3, 0.4) is 0 Å². The van der Waals surface area contributed by atoms with Gasteiger partial charge in [-0.15, -0.1) is 0 Å². The van der Waals surface area contributed by atoms with Crippen molar-refractivity contribution < 1.29 is 13.7 Å². The van der Waals surface area contributed by atoms with Gasteiger partial charge in [-0.25, -0.2) is 14.9 Å². The molecule has 1 atom stereocenters. The maximum Gasteiger partial charge on any atom is 0.251 e. The van der Waals surface area contributed by atoms with Crippen LogP contribution in [0, 0.1) is 5.95 Å². The van der Waals surface area contributed by atoms with E-state index in [2.05, 4.69) is 20.8 Å². The van der Waals surface area contributed by atoms with Gasteiger partial charge >= 0.3 is 0 Å². The third-order valence-electron chi connectivity index (χ3n) is 6.03. The number of aromatic nitrogens is 4. The van der Waals surface area contributed by atoms with Crippen LogP contribution in [0.1, 0.15) is 56.0 Å². The fourth-order valence-electron chi connectivity index (χ4n) is 4.25. The lowest BCUT2D eigenvalue weighted by molar-refractivity contribution is -0.119. The zero-order chi connectivity index (χ0) is 22.9. The molecule has 2 N–H and O–H groups in total. The Balaban J connectivity index is 1.56. The number of aryl methyl sites for hydroxylation is 1. The molecule has 0 bridgehead atoms. The van der Waals surface area contributed by atoms with Gasteiger partial charge in [-0.05, 0) is 56.7 Å². The molecule has 1 saturated heterocycles. The number of hydrogen-bond donors (Lipinski definition) is 2. The molecule has 10 heteroatoms. The number of hydrogen-bond acceptors (Lipinski definition) is 8. The van der Waals surface area contributed by atoms with Crippen molar-refractivity contribution in [2.45, 2.75) is 57.9 Å². The maximum absolute atomic E-state index is 13.5. The van der Waals surface area contributed by atoms with Crippen molar-refractivity contribution in [2.75, 3.05) is 16.8 Å². The van der Waals surface area contributed by atoms with Gasteiger partial charge in [0.1, 0.15) is 5.82 Å². The van der Waals surface area contributed by atoms with E-state index >= 15 is 0 Å². The van der Waals surface area contributed by atoms with Crippen molar-refractivity contribution in [1.82, 2.24) is 25.4 Å². The minimum absolute atomic E-state index is 0.188. The van der Waals surface area contributed by atoms with Gasteiger partial charge in [0.05, 0.1) is 29.3 Å². The summed E-state index contributed by atoms with van der Waals surface area (Å²) < 4.78 is 19.0. The Hall–Kier alpha value is -3.40. The van der Waals surface area contributed by atoms with Crippen LogP contribution in [0.4, 0.5) is 27.7 Å². The van der Waals surface area contributed by atoms with E-state index in [-0.39, 0.29) is 23.8 Å². The highest BCUT2D eigenvalue weighted by Gasteiger charge is 2.32.